The van der Waals surface area contributed by atoms with Crippen LogP contribution in [0.4, 0.5) is 32.1 Å². The molecular weight excluding hydrogens is 402 g/mol. The van der Waals surface area contributed by atoms with E-state index in [4.69, 9.17) is 22.1 Å². The molecule has 1 aromatic heterocycles. The molecule has 1 aromatic carbocycles. The van der Waals surface area contributed by atoms with Gasteiger partial charge in [0.05, 0.1) is 25.3 Å². The van der Waals surface area contributed by atoms with E-state index in [-0.39, 0.29) is 24.2 Å². The third-order valence-corrected chi connectivity index (χ3v) is 5.42. The summed E-state index contributed by atoms with van der Waals surface area (Å²) in [7, 11) is 0. The summed E-state index contributed by atoms with van der Waals surface area (Å²) in [5, 5.41) is 7.02. The lowest BCUT2D eigenvalue weighted by Crippen LogP contribution is -2.53. The Morgan fingerprint density at radius 2 is 2.03 bits per heavy atom. The first-order valence-electron chi connectivity index (χ1n) is 9.38. The fourth-order valence-corrected chi connectivity index (χ4v) is 3.58. The van der Waals surface area contributed by atoms with Crippen LogP contribution >= 0.6 is 11.6 Å². The Morgan fingerprint density at radius 1 is 1.28 bits per heavy atom. The quantitative estimate of drug-likeness (QED) is 0.655. The highest BCUT2D eigenvalue weighted by atomic mass is 35.5. The van der Waals surface area contributed by atoms with Crippen molar-refractivity contribution in [1.29, 1.82) is 0 Å². The maximum Gasteiger partial charge on any atom is 0.266 e. The van der Waals surface area contributed by atoms with Crippen molar-refractivity contribution in [3.8, 4) is 0 Å². The summed E-state index contributed by atoms with van der Waals surface area (Å²) in [5.74, 6) is -1.78. The molecule has 4 rings (SSSR count). The second kappa shape index (κ2) is 7.46. The van der Waals surface area contributed by atoms with E-state index < -0.39 is 12.5 Å². The highest BCUT2D eigenvalue weighted by molar-refractivity contribution is 6.31. The molecule has 2 fully saturated rings. The Bertz CT molecular complexity index is 908. The van der Waals surface area contributed by atoms with Crippen molar-refractivity contribution in [2.24, 2.45) is 0 Å². The molecule has 2 aromatic rings. The standard InChI is InChI=1S/C19H23ClF2N6O/c1-18(10-29-11-18)27-17-25-15(24-8-12-4-2-3-5-13(12)20)14(23)16(26-17)28-7-6-19(21,22)9-28/h2-5H,6-11,23H2,1H3,(H2,24,25,26,27). The van der Waals surface area contributed by atoms with E-state index in [1.807, 2.05) is 25.1 Å². The minimum Gasteiger partial charge on any atom is -0.393 e. The molecule has 4 N–H and O–H groups in total. The summed E-state index contributed by atoms with van der Waals surface area (Å²) in [5.41, 5.74) is 7.07. The van der Waals surface area contributed by atoms with Gasteiger partial charge in [-0.1, -0.05) is 29.8 Å². The van der Waals surface area contributed by atoms with Gasteiger partial charge in [0.15, 0.2) is 11.6 Å². The Labute approximate surface area is 172 Å². The fourth-order valence-electron chi connectivity index (χ4n) is 3.38. The van der Waals surface area contributed by atoms with Crippen LogP contribution in [0.1, 0.15) is 18.9 Å². The van der Waals surface area contributed by atoms with Crippen molar-refractivity contribution in [3.05, 3.63) is 34.9 Å². The summed E-state index contributed by atoms with van der Waals surface area (Å²) in [6.07, 6.45) is -0.229. The summed E-state index contributed by atoms with van der Waals surface area (Å²) in [6.45, 7) is 3.16. The zero-order chi connectivity index (χ0) is 20.6. The topological polar surface area (TPSA) is 88.3 Å². The largest absolute Gasteiger partial charge is 0.393 e. The SMILES string of the molecule is CC1(Nc2nc(NCc3ccccc3Cl)c(N)c(N3CCC(F)(F)C3)n2)COC1. The number of hydrogen-bond acceptors (Lipinski definition) is 7. The highest BCUT2D eigenvalue weighted by Gasteiger charge is 2.40. The fraction of sp³-hybridized carbons (Fsp3) is 0.474. The van der Waals surface area contributed by atoms with Crippen molar-refractivity contribution >= 4 is 34.9 Å². The monoisotopic (exact) mass is 424 g/mol. The summed E-state index contributed by atoms with van der Waals surface area (Å²) in [4.78, 5) is 10.4. The van der Waals surface area contributed by atoms with E-state index in [2.05, 4.69) is 20.6 Å². The number of nitrogen functional groups attached to an aromatic ring is 1. The summed E-state index contributed by atoms with van der Waals surface area (Å²) < 4.78 is 32.8. The predicted molar refractivity (Wildman–Crippen MR) is 110 cm³/mol. The zero-order valence-corrected chi connectivity index (χ0v) is 16.8. The molecule has 156 valence electrons. The number of nitrogens with one attached hydrogen (secondary N) is 2. The molecular formula is C19H23ClF2N6O. The van der Waals surface area contributed by atoms with Crippen LogP contribution in [-0.2, 0) is 11.3 Å². The third kappa shape index (κ3) is 4.30. The number of benzene rings is 1. The first kappa shape index (κ1) is 19.9. The molecule has 0 aliphatic carbocycles. The molecule has 2 aliphatic rings. The molecule has 0 bridgehead atoms. The van der Waals surface area contributed by atoms with E-state index in [1.165, 1.54) is 4.90 Å². The number of alkyl halides is 2. The van der Waals surface area contributed by atoms with E-state index in [9.17, 15) is 8.78 Å². The second-order valence-electron chi connectivity index (χ2n) is 7.78. The molecule has 0 atom stereocenters. The second-order valence-corrected chi connectivity index (χ2v) is 8.19. The van der Waals surface area contributed by atoms with E-state index in [1.54, 1.807) is 6.07 Å². The smallest absolute Gasteiger partial charge is 0.266 e. The van der Waals surface area contributed by atoms with Gasteiger partial charge in [-0.25, -0.2) is 8.78 Å². The molecule has 10 heteroatoms. The molecule has 29 heavy (non-hydrogen) atoms. The zero-order valence-electron chi connectivity index (χ0n) is 16.0. The van der Waals surface area contributed by atoms with Crippen LogP contribution in [0.5, 0.6) is 0 Å². The molecule has 0 spiro atoms. The maximum atomic E-state index is 13.8. The lowest BCUT2D eigenvalue weighted by molar-refractivity contribution is -0.0322. The number of rotatable bonds is 6. The first-order chi connectivity index (χ1) is 13.7. The van der Waals surface area contributed by atoms with Gasteiger partial charge in [0.2, 0.25) is 5.95 Å². The summed E-state index contributed by atoms with van der Waals surface area (Å²) >= 11 is 6.22. The number of halogens is 3. The average molecular weight is 425 g/mol. The third-order valence-electron chi connectivity index (χ3n) is 5.05. The van der Waals surface area contributed by atoms with Crippen molar-refractivity contribution in [2.45, 2.75) is 31.4 Å². The van der Waals surface area contributed by atoms with Crippen LogP contribution in [0, 0.1) is 0 Å². The molecule has 0 radical (unpaired) electrons. The Balaban J connectivity index is 1.63. The van der Waals surface area contributed by atoms with Gasteiger partial charge in [0, 0.05) is 24.5 Å². The van der Waals surface area contributed by atoms with Gasteiger partial charge < -0.3 is 26.0 Å². The molecule has 2 aliphatic heterocycles. The van der Waals surface area contributed by atoms with Gasteiger partial charge in [-0.3, -0.25) is 0 Å². The molecule has 0 amide bonds. The van der Waals surface area contributed by atoms with Crippen molar-refractivity contribution < 1.29 is 13.5 Å². The minimum absolute atomic E-state index is 0.179. The number of hydrogen-bond donors (Lipinski definition) is 3. The van der Waals surface area contributed by atoms with Gasteiger partial charge in [0.25, 0.3) is 5.92 Å². The highest BCUT2D eigenvalue weighted by Crippen LogP contribution is 2.36. The number of ether oxygens (including phenoxy) is 1. The van der Waals surface area contributed by atoms with E-state index >= 15 is 0 Å². The van der Waals surface area contributed by atoms with Crippen LogP contribution < -0.4 is 21.3 Å². The number of aromatic nitrogens is 2. The summed E-state index contributed by atoms with van der Waals surface area (Å²) in [6, 6.07) is 7.42. The first-order valence-corrected chi connectivity index (χ1v) is 9.76. The lowest BCUT2D eigenvalue weighted by atomic mass is 10.0. The van der Waals surface area contributed by atoms with Gasteiger partial charge in [-0.15, -0.1) is 0 Å². The van der Waals surface area contributed by atoms with Crippen LogP contribution in [0.3, 0.4) is 0 Å². The van der Waals surface area contributed by atoms with Crippen molar-refractivity contribution in [2.75, 3.05) is 47.6 Å². The Morgan fingerprint density at radius 3 is 2.66 bits per heavy atom. The number of nitrogens with two attached hydrogens (primary N) is 1. The van der Waals surface area contributed by atoms with Gasteiger partial charge in [-0.05, 0) is 18.6 Å². The van der Waals surface area contributed by atoms with Crippen LogP contribution in [0.15, 0.2) is 24.3 Å². The molecule has 0 saturated carbocycles. The minimum atomic E-state index is -2.76. The van der Waals surface area contributed by atoms with Crippen LogP contribution in [0.25, 0.3) is 0 Å². The number of nitrogens with zero attached hydrogens (tertiary/aromatic N) is 3. The van der Waals surface area contributed by atoms with Crippen LogP contribution in [-0.4, -0.2) is 47.7 Å². The Kier molecular flexibility index (Phi) is 5.12. The van der Waals surface area contributed by atoms with Crippen molar-refractivity contribution in [1.82, 2.24) is 9.97 Å². The predicted octanol–water partition coefficient (Wildman–Crippen LogP) is 3.37. The maximum absolute atomic E-state index is 13.8. The van der Waals surface area contributed by atoms with Gasteiger partial charge >= 0.3 is 0 Å². The molecule has 2 saturated heterocycles. The average Bonchev–Trinajstić information content (AvgIpc) is 3.01. The van der Waals surface area contributed by atoms with Crippen molar-refractivity contribution in [3.63, 3.8) is 0 Å². The molecule has 3 heterocycles. The lowest BCUT2D eigenvalue weighted by Gasteiger charge is -2.38. The van der Waals surface area contributed by atoms with E-state index in [0.717, 1.165) is 5.56 Å². The Hall–Kier alpha value is -2.39. The van der Waals surface area contributed by atoms with Gasteiger partial charge in [0.1, 0.15) is 5.69 Å². The molecule has 0 unspecified atom stereocenters. The number of anilines is 4. The molecule has 7 nitrogen and oxygen atoms in total. The van der Waals surface area contributed by atoms with Crippen LogP contribution in [0.2, 0.25) is 5.02 Å². The van der Waals surface area contributed by atoms with E-state index in [0.29, 0.717) is 42.4 Å². The normalized spacial score (nSPS) is 19.7. The van der Waals surface area contributed by atoms with Gasteiger partial charge in [-0.2, -0.15) is 9.97 Å².